The van der Waals surface area contributed by atoms with Gasteiger partial charge in [-0.3, -0.25) is 5.32 Å². The number of aromatic nitrogens is 4. The molecular formula is C23H32N6O3S. The second-order valence-corrected chi connectivity index (χ2v) is 11.1. The lowest BCUT2D eigenvalue weighted by molar-refractivity contribution is 0.294. The molecule has 1 aromatic carbocycles. The van der Waals surface area contributed by atoms with E-state index in [0.717, 1.165) is 62.8 Å². The fraction of sp³-hybridized carbons (Fsp3) is 0.609. The molecule has 1 N–H and O–H groups in total. The van der Waals surface area contributed by atoms with Crippen LogP contribution in [0.25, 0.3) is 11.0 Å². The van der Waals surface area contributed by atoms with E-state index in [9.17, 15) is 8.42 Å². The number of rotatable bonds is 7. The molecule has 1 aliphatic heterocycles. The van der Waals surface area contributed by atoms with E-state index in [1.165, 1.54) is 0 Å². The zero-order valence-electron chi connectivity index (χ0n) is 19.4. The Morgan fingerprint density at radius 2 is 1.85 bits per heavy atom. The Morgan fingerprint density at radius 3 is 2.52 bits per heavy atom. The van der Waals surface area contributed by atoms with Crippen molar-refractivity contribution in [3.8, 4) is 0 Å². The monoisotopic (exact) mass is 472 g/mol. The highest BCUT2D eigenvalue weighted by Gasteiger charge is 2.39. The highest BCUT2D eigenvalue weighted by atomic mass is 32.2. The van der Waals surface area contributed by atoms with Crippen LogP contribution in [0.5, 0.6) is 0 Å². The van der Waals surface area contributed by atoms with Crippen molar-refractivity contribution in [2.75, 3.05) is 13.1 Å². The normalized spacial score (nSPS) is 19.5. The first kappa shape index (κ1) is 22.5. The maximum atomic E-state index is 13.1. The van der Waals surface area contributed by atoms with Gasteiger partial charge in [0.05, 0.1) is 28.0 Å². The van der Waals surface area contributed by atoms with Crippen LogP contribution in [0.1, 0.15) is 69.4 Å². The van der Waals surface area contributed by atoms with Gasteiger partial charge in [0.2, 0.25) is 15.9 Å². The smallest absolute Gasteiger partial charge is 0.243 e. The van der Waals surface area contributed by atoms with Crippen molar-refractivity contribution in [1.82, 2.24) is 29.3 Å². The standard InChI is InChI=1S/C23H32N6O3S/c1-3-29-20-10-9-18(33(30,31)28-13-7-4-8-14-28)15-19(20)26-21(29)16-24-23(11-5-6-12-23)22-25-17(2)32-27-22/h9-10,15,24H,3-8,11-14,16H2,1-2H3. The van der Waals surface area contributed by atoms with Crippen LogP contribution in [0, 0.1) is 6.92 Å². The topological polar surface area (TPSA) is 106 Å². The van der Waals surface area contributed by atoms with E-state index in [-0.39, 0.29) is 5.54 Å². The fourth-order valence-corrected chi connectivity index (χ4v) is 6.80. The first-order valence-electron chi connectivity index (χ1n) is 12.0. The lowest BCUT2D eigenvalue weighted by atomic mass is 9.96. The van der Waals surface area contributed by atoms with Gasteiger partial charge in [0.15, 0.2) is 5.82 Å². The maximum Gasteiger partial charge on any atom is 0.243 e. The lowest BCUT2D eigenvalue weighted by Gasteiger charge is -2.26. The third kappa shape index (κ3) is 4.08. The predicted molar refractivity (Wildman–Crippen MR) is 124 cm³/mol. The SMILES string of the molecule is CCn1c(CNC2(c3noc(C)n3)CCCC2)nc2cc(S(=O)(=O)N3CCCCC3)ccc21. The van der Waals surface area contributed by atoms with Crippen molar-refractivity contribution in [3.63, 3.8) is 0 Å². The van der Waals surface area contributed by atoms with Crippen LogP contribution < -0.4 is 5.32 Å². The molecule has 2 aromatic heterocycles. The molecular weight excluding hydrogens is 440 g/mol. The van der Waals surface area contributed by atoms with E-state index < -0.39 is 10.0 Å². The molecule has 0 spiro atoms. The molecule has 5 rings (SSSR count). The summed E-state index contributed by atoms with van der Waals surface area (Å²) in [5, 5.41) is 7.88. The number of aryl methyl sites for hydroxylation is 2. The summed E-state index contributed by atoms with van der Waals surface area (Å²) in [5.74, 6) is 2.17. The molecule has 0 bridgehead atoms. The first-order valence-corrected chi connectivity index (χ1v) is 13.4. The summed E-state index contributed by atoms with van der Waals surface area (Å²) >= 11 is 0. The third-order valence-corrected chi connectivity index (χ3v) is 8.96. The van der Waals surface area contributed by atoms with Gasteiger partial charge in [0.25, 0.3) is 0 Å². The second kappa shape index (κ2) is 8.81. The van der Waals surface area contributed by atoms with Crippen molar-refractivity contribution in [2.24, 2.45) is 0 Å². The third-order valence-electron chi connectivity index (χ3n) is 7.07. The van der Waals surface area contributed by atoms with Gasteiger partial charge in [0.1, 0.15) is 5.82 Å². The number of sulfonamides is 1. The van der Waals surface area contributed by atoms with Crippen LogP contribution in [0.4, 0.5) is 0 Å². The molecule has 178 valence electrons. The van der Waals surface area contributed by atoms with Crippen LogP contribution in [0.2, 0.25) is 0 Å². The molecule has 0 unspecified atom stereocenters. The Bertz CT molecular complexity index is 1240. The highest BCUT2D eigenvalue weighted by Crippen LogP contribution is 2.37. The summed E-state index contributed by atoms with van der Waals surface area (Å²) in [6.45, 7) is 6.37. The van der Waals surface area contributed by atoms with E-state index in [0.29, 0.717) is 41.8 Å². The number of hydrogen-bond donors (Lipinski definition) is 1. The molecule has 0 amide bonds. The van der Waals surface area contributed by atoms with E-state index >= 15 is 0 Å². The summed E-state index contributed by atoms with van der Waals surface area (Å²) < 4.78 is 35.3. The van der Waals surface area contributed by atoms with E-state index in [4.69, 9.17) is 9.51 Å². The van der Waals surface area contributed by atoms with E-state index in [1.54, 1.807) is 16.4 Å². The van der Waals surface area contributed by atoms with Crippen molar-refractivity contribution in [1.29, 1.82) is 0 Å². The van der Waals surface area contributed by atoms with Gasteiger partial charge in [0, 0.05) is 26.6 Å². The quantitative estimate of drug-likeness (QED) is 0.561. The molecule has 10 heteroatoms. The average Bonchev–Trinajstić information content (AvgIpc) is 3.56. The molecule has 1 saturated heterocycles. The van der Waals surface area contributed by atoms with Gasteiger partial charge < -0.3 is 9.09 Å². The number of hydrogen-bond acceptors (Lipinski definition) is 7. The summed E-state index contributed by atoms with van der Waals surface area (Å²) in [5.41, 5.74) is 1.35. The van der Waals surface area contributed by atoms with Gasteiger partial charge >= 0.3 is 0 Å². The van der Waals surface area contributed by atoms with Crippen LogP contribution in [-0.2, 0) is 28.7 Å². The lowest BCUT2D eigenvalue weighted by Crippen LogP contribution is -2.41. The van der Waals surface area contributed by atoms with Crippen molar-refractivity contribution in [3.05, 3.63) is 35.7 Å². The minimum absolute atomic E-state index is 0.308. The second-order valence-electron chi connectivity index (χ2n) is 9.17. The largest absolute Gasteiger partial charge is 0.340 e. The minimum Gasteiger partial charge on any atom is -0.340 e. The number of nitrogens with zero attached hydrogens (tertiary/aromatic N) is 5. The molecule has 33 heavy (non-hydrogen) atoms. The first-order chi connectivity index (χ1) is 15.9. The van der Waals surface area contributed by atoms with Gasteiger partial charge in [-0.2, -0.15) is 9.29 Å². The van der Waals surface area contributed by atoms with Gasteiger partial charge in [-0.15, -0.1) is 0 Å². The van der Waals surface area contributed by atoms with Gasteiger partial charge in [-0.05, 0) is 50.8 Å². The van der Waals surface area contributed by atoms with E-state index in [1.807, 2.05) is 13.0 Å². The van der Waals surface area contributed by atoms with Crippen molar-refractivity contribution >= 4 is 21.1 Å². The number of fused-ring (bicyclic) bond motifs is 1. The molecule has 0 radical (unpaired) electrons. The summed E-state index contributed by atoms with van der Waals surface area (Å²) in [6, 6.07) is 5.33. The Hall–Kier alpha value is -2.30. The predicted octanol–water partition coefficient (Wildman–Crippen LogP) is 3.48. The van der Waals surface area contributed by atoms with Crippen LogP contribution >= 0.6 is 0 Å². The number of imidazole rings is 1. The van der Waals surface area contributed by atoms with Crippen molar-refractivity contribution < 1.29 is 12.9 Å². The number of benzene rings is 1. The van der Waals surface area contributed by atoms with Crippen LogP contribution in [0.15, 0.2) is 27.6 Å². The highest BCUT2D eigenvalue weighted by molar-refractivity contribution is 7.89. The summed E-state index contributed by atoms with van der Waals surface area (Å²) in [6.07, 6.45) is 7.07. The fourth-order valence-electron chi connectivity index (χ4n) is 5.26. The van der Waals surface area contributed by atoms with E-state index in [2.05, 4.69) is 26.9 Å². The maximum absolute atomic E-state index is 13.1. The zero-order valence-corrected chi connectivity index (χ0v) is 20.2. The molecule has 2 aliphatic rings. The summed E-state index contributed by atoms with van der Waals surface area (Å²) in [4.78, 5) is 9.68. The number of piperidine rings is 1. The Labute approximate surface area is 194 Å². The molecule has 9 nitrogen and oxygen atoms in total. The zero-order chi connectivity index (χ0) is 23.1. The minimum atomic E-state index is -3.49. The molecule has 2 fully saturated rings. The Morgan fingerprint density at radius 1 is 1.09 bits per heavy atom. The van der Waals surface area contributed by atoms with Gasteiger partial charge in [-0.25, -0.2) is 13.4 Å². The molecule has 3 aromatic rings. The van der Waals surface area contributed by atoms with Gasteiger partial charge in [-0.1, -0.05) is 24.4 Å². The molecule has 0 atom stereocenters. The van der Waals surface area contributed by atoms with Crippen molar-refractivity contribution in [2.45, 2.75) is 82.3 Å². The number of nitrogens with one attached hydrogen (secondary N) is 1. The molecule has 3 heterocycles. The molecule has 1 saturated carbocycles. The van der Waals surface area contributed by atoms with Crippen LogP contribution in [0.3, 0.4) is 0 Å². The Balaban J connectivity index is 1.44. The molecule has 1 aliphatic carbocycles. The van der Waals surface area contributed by atoms with Crippen LogP contribution in [-0.4, -0.2) is 45.5 Å². The Kier molecular flexibility index (Phi) is 6.00. The average molecular weight is 473 g/mol. The summed E-state index contributed by atoms with van der Waals surface area (Å²) in [7, 11) is -3.49.